The maximum atomic E-state index is 11.2. The standard InChI is InChI=1S/C12H11N3O/c13-15-12(16)11-7-6-10(8-14-11)9-4-2-1-3-5-9/h1-8H,13H2,(H,15,16). The van der Waals surface area contributed by atoms with Gasteiger partial charge in [0.25, 0.3) is 5.91 Å². The number of hydrogen-bond donors (Lipinski definition) is 2. The lowest BCUT2D eigenvalue weighted by atomic mass is 10.1. The zero-order valence-electron chi connectivity index (χ0n) is 8.55. The Labute approximate surface area is 93.1 Å². The molecule has 0 saturated carbocycles. The van der Waals surface area contributed by atoms with Crippen molar-refractivity contribution in [3.63, 3.8) is 0 Å². The first-order chi connectivity index (χ1) is 7.81. The quantitative estimate of drug-likeness (QED) is 0.449. The van der Waals surface area contributed by atoms with Crippen molar-refractivity contribution in [3.05, 3.63) is 54.4 Å². The van der Waals surface area contributed by atoms with E-state index in [2.05, 4.69) is 4.98 Å². The van der Waals surface area contributed by atoms with Crippen LogP contribution in [0.5, 0.6) is 0 Å². The summed E-state index contributed by atoms with van der Waals surface area (Å²) in [7, 11) is 0. The normalized spacial score (nSPS) is 9.81. The monoisotopic (exact) mass is 213 g/mol. The topological polar surface area (TPSA) is 68.0 Å². The molecule has 16 heavy (non-hydrogen) atoms. The molecule has 4 heteroatoms. The minimum atomic E-state index is -0.389. The average molecular weight is 213 g/mol. The lowest BCUT2D eigenvalue weighted by Crippen LogP contribution is -2.30. The van der Waals surface area contributed by atoms with Crippen molar-refractivity contribution in [3.8, 4) is 11.1 Å². The number of hydrazine groups is 1. The number of hydrogen-bond acceptors (Lipinski definition) is 3. The van der Waals surface area contributed by atoms with Crippen LogP contribution in [0.25, 0.3) is 11.1 Å². The van der Waals surface area contributed by atoms with Crippen molar-refractivity contribution < 1.29 is 4.79 Å². The van der Waals surface area contributed by atoms with E-state index < -0.39 is 0 Å². The summed E-state index contributed by atoms with van der Waals surface area (Å²) in [5.74, 6) is 4.62. The Bertz CT molecular complexity index is 479. The van der Waals surface area contributed by atoms with Crippen LogP contribution >= 0.6 is 0 Å². The SMILES string of the molecule is NNC(=O)c1ccc(-c2ccccc2)cn1. The summed E-state index contributed by atoms with van der Waals surface area (Å²) in [6.07, 6.45) is 1.65. The van der Waals surface area contributed by atoms with Crippen molar-refractivity contribution in [2.24, 2.45) is 5.84 Å². The molecular weight excluding hydrogens is 202 g/mol. The van der Waals surface area contributed by atoms with Crippen LogP contribution in [0.3, 0.4) is 0 Å². The Morgan fingerprint density at radius 1 is 1.06 bits per heavy atom. The zero-order valence-corrected chi connectivity index (χ0v) is 8.55. The molecule has 0 radical (unpaired) electrons. The van der Waals surface area contributed by atoms with Gasteiger partial charge in [0.05, 0.1) is 0 Å². The average Bonchev–Trinajstić information content (AvgIpc) is 2.39. The lowest BCUT2D eigenvalue weighted by Gasteiger charge is -2.02. The van der Waals surface area contributed by atoms with E-state index in [0.29, 0.717) is 5.69 Å². The molecule has 0 fully saturated rings. The highest BCUT2D eigenvalue weighted by Crippen LogP contribution is 2.17. The van der Waals surface area contributed by atoms with Crippen LogP contribution < -0.4 is 11.3 Å². The van der Waals surface area contributed by atoms with E-state index in [4.69, 9.17) is 5.84 Å². The molecule has 0 aliphatic rings. The molecule has 0 aliphatic heterocycles. The van der Waals surface area contributed by atoms with Crippen molar-refractivity contribution in [2.45, 2.75) is 0 Å². The maximum absolute atomic E-state index is 11.2. The summed E-state index contributed by atoms with van der Waals surface area (Å²) in [6.45, 7) is 0. The summed E-state index contributed by atoms with van der Waals surface area (Å²) in [6, 6.07) is 13.3. The van der Waals surface area contributed by atoms with Crippen LogP contribution in [-0.4, -0.2) is 10.9 Å². The minimum Gasteiger partial charge on any atom is -0.289 e. The third-order valence-electron chi connectivity index (χ3n) is 2.23. The Balaban J connectivity index is 2.30. The largest absolute Gasteiger partial charge is 0.289 e. The van der Waals surface area contributed by atoms with Crippen LogP contribution in [0.1, 0.15) is 10.5 Å². The van der Waals surface area contributed by atoms with E-state index in [0.717, 1.165) is 11.1 Å². The van der Waals surface area contributed by atoms with Crippen LogP contribution in [0.2, 0.25) is 0 Å². The van der Waals surface area contributed by atoms with Crippen molar-refractivity contribution in [1.29, 1.82) is 0 Å². The van der Waals surface area contributed by atoms with E-state index in [1.165, 1.54) is 0 Å². The van der Waals surface area contributed by atoms with Crippen molar-refractivity contribution >= 4 is 5.91 Å². The maximum Gasteiger partial charge on any atom is 0.283 e. The highest BCUT2D eigenvalue weighted by molar-refractivity contribution is 5.92. The first kappa shape index (κ1) is 10.3. The molecule has 0 atom stereocenters. The lowest BCUT2D eigenvalue weighted by molar-refractivity contribution is 0.0948. The number of nitrogens with two attached hydrogens (primary N) is 1. The van der Waals surface area contributed by atoms with Crippen LogP contribution in [0.4, 0.5) is 0 Å². The third kappa shape index (κ3) is 2.07. The Morgan fingerprint density at radius 2 is 1.81 bits per heavy atom. The van der Waals surface area contributed by atoms with Gasteiger partial charge in [-0.25, -0.2) is 5.84 Å². The summed E-state index contributed by atoms with van der Waals surface area (Å²) >= 11 is 0. The van der Waals surface area contributed by atoms with E-state index in [1.54, 1.807) is 12.3 Å². The predicted octanol–water partition coefficient (Wildman–Crippen LogP) is 1.35. The molecule has 0 aliphatic carbocycles. The smallest absolute Gasteiger partial charge is 0.283 e. The summed E-state index contributed by atoms with van der Waals surface area (Å²) in [4.78, 5) is 15.2. The molecular formula is C12H11N3O. The second kappa shape index (κ2) is 4.55. The summed E-state index contributed by atoms with van der Waals surface area (Å²) in [5.41, 5.74) is 4.38. The van der Waals surface area contributed by atoms with E-state index in [1.807, 2.05) is 41.8 Å². The fraction of sp³-hybridized carbons (Fsp3) is 0. The van der Waals surface area contributed by atoms with Crippen LogP contribution in [-0.2, 0) is 0 Å². The molecule has 80 valence electrons. The fourth-order valence-electron chi connectivity index (χ4n) is 1.40. The molecule has 1 aromatic heterocycles. The molecule has 2 aromatic rings. The number of aromatic nitrogens is 1. The molecule has 3 N–H and O–H groups in total. The Hall–Kier alpha value is -2.20. The van der Waals surface area contributed by atoms with Crippen LogP contribution in [0, 0.1) is 0 Å². The van der Waals surface area contributed by atoms with Gasteiger partial charge in [0.15, 0.2) is 0 Å². The molecule has 0 saturated heterocycles. The molecule has 1 amide bonds. The van der Waals surface area contributed by atoms with Crippen molar-refractivity contribution in [2.75, 3.05) is 0 Å². The van der Waals surface area contributed by atoms with Gasteiger partial charge in [0, 0.05) is 11.8 Å². The minimum absolute atomic E-state index is 0.308. The molecule has 2 rings (SSSR count). The molecule has 0 unspecified atom stereocenters. The van der Waals surface area contributed by atoms with Crippen molar-refractivity contribution in [1.82, 2.24) is 10.4 Å². The zero-order chi connectivity index (χ0) is 11.4. The van der Waals surface area contributed by atoms with Gasteiger partial charge in [-0.05, 0) is 11.6 Å². The number of amides is 1. The predicted molar refractivity (Wildman–Crippen MR) is 61.3 cm³/mol. The number of nitrogens with zero attached hydrogens (tertiary/aromatic N) is 1. The van der Waals surface area contributed by atoms with Gasteiger partial charge in [-0.15, -0.1) is 0 Å². The second-order valence-electron chi connectivity index (χ2n) is 3.27. The highest BCUT2D eigenvalue weighted by atomic mass is 16.2. The Kier molecular flexibility index (Phi) is 2.93. The number of carbonyl (C=O) groups is 1. The van der Waals surface area contributed by atoms with Gasteiger partial charge in [-0.1, -0.05) is 36.4 Å². The molecule has 1 heterocycles. The number of rotatable bonds is 2. The fourth-order valence-corrected chi connectivity index (χ4v) is 1.40. The summed E-state index contributed by atoms with van der Waals surface area (Å²) in [5, 5.41) is 0. The number of nitrogen functional groups attached to an aromatic ring is 1. The number of pyridine rings is 1. The van der Waals surface area contributed by atoms with E-state index in [9.17, 15) is 4.79 Å². The van der Waals surface area contributed by atoms with Gasteiger partial charge in [0.1, 0.15) is 5.69 Å². The number of carbonyl (C=O) groups excluding carboxylic acids is 1. The third-order valence-corrected chi connectivity index (χ3v) is 2.23. The first-order valence-corrected chi connectivity index (χ1v) is 4.83. The van der Waals surface area contributed by atoms with Gasteiger partial charge in [0.2, 0.25) is 0 Å². The van der Waals surface area contributed by atoms with Gasteiger partial charge in [-0.3, -0.25) is 15.2 Å². The molecule has 0 bridgehead atoms. The highest BCUT2D eigenvalue weighted by Gasteiger charge is 2.04. The van der Waals surface area contributed by atoms with Gasteiger partial charge < -0.3 is 0 Å². The summed E-state index contributed by atoms with van der Waals surface area (Å²) < 4.78 is 0. The number of benzene rings is 1. The molecule has 1 aromatic carbocycles. The van der Waals surface area contributed by atoms with E-state index in [-0.39, 0.29) is 5.91 Å². The van der Waals surface area contributed by atoms with E-state index >= 15 is 0 Å². The Morgan fingerprint density at radius 3 is 2.38 bits per heavy atom. The van der Waals surface area contributed by atoms with Crippen LogP contribution in [0.15, 0.2) is 48.7 Å². The first-order valence-electron chi connectivity index (χ1n) is 4.83. The molecule has 0 spiro atoms. The number of nitrogens with one attached hydrogen (secondary N) is 1. The van der Waals surface area contributed by atoms with Gasteiger partial charge >= 0.3 is 0 Å². The van der Waals surface area contributed by atoms with Gasteiger partial charge in [-0.2, -0.15) is 0 Å². The second-order valence-corrected chi connectivity index (χ2v) is 3.27. The molecule has 4 nitrogen and oxygen atoms in total.